The number of pyridine rings is 1. The van der Waals surface area contributed by atoms with E-state index in [-0.39, 0.29) is 17.7 Å². The quantitative estimate of drug-likeness (QED) is 0.497. The van der Waals surface area contributed by atoms with E-state index < -0.39 is 11.5 Å². The van der Waals surface area contributed by atoms with Crippen LogP contribution in [-0.4, -0.2) is 23.3 Å². The van der Waals surface area contributed by atoms with Gasteiger partial charge < -0.3 is 9.72 Å². The summed E-state index contributed by atoms with van der Waals surface area (Å²) in [5, 5.41) is 9.41. The molecule has 0 saturated heterocycles. The number of rotatable bonds is 5. The highest BCUT2D eigenvalue weighted by molar-refractivity contribution is 7.99. The molecule has 0 spiro atoms. The molecule has 0 aliphatic heterocycles. The maximum Gasteiger partial charge on any atom is 0.343 e. The number of esters is 1. The summed E-state index contributed by atoms with van der Waals surface area (Å²) in [5.74, 6) is -0.167. The van der Waals surface area contributed by atoms with Crippen LogP contribution in [0.4, 0.5) is 0 Å². The van der Waals surface area contributed by atoms with Crippen LogP contribution < -0.4 is 5.56 Å². The van der Waals surface area contributed by atoms with Crippen LogP contribution in [0, 0.1) is 11.3 Å². The molecule has 18 heavy (non-hydrogen) atoms. The van der Waals surface area contributed by atoms with Gasteiger partial charge in [-0.25, -0.2) is 4.79 Å². The molecule has 0 unspecified atom stereocenters. The Morgan fingerprint density at radius 2 is 2.44 bits per heavy atom. The number of carbonyl (C=O) groups is 1. The summed E-state index contributed by atoms with van der Waals surface area (Å²) in [5.41, 5.74) is -0.472. The van der Waals surface area contributed by atoms with Crippen molar-refractivity contribution in [2.24, 2.45) is 0 Å². The first-order valence-corrected chi connectivity index (χ1v) is 6.20. The predicted molar refractivity (Wildman–Crippen MR) is 68.7 cm³/mol. The summed E-state index contributed by atoms with van der Waals surface area (Å²) in [6.07, 6.45) is 1.66. The zero-order chi connectivity index (χ0) is 13.5. The highest BCUT2D eigenvalue weighted by atomic mass is 32.2. The van der Waals surface area contributed by atoms with Crippen LogP contribution in [0.15, 0.2) is 28.5 Å². The fraction of sp³-hybridized carbons (Fsp3) is 0.250. The molecule has 1 aromatic heterocycles. The molecule has 6 heteroatoms. The van der Waals surface area contributed by atoms with Gasteiger partial charge in [0.05, 0.1) is 17.2 Å². The fourth-order valence-corrected chi connectivity index (χ4v) is 1.92. The number of H-pyrrole nitrogens is 1. The first-order valence-electron chi connectivity index (χ1n) is 5.22. The standard InChI is InChI=1S/C12H12N2O3S/c1-3-5-18-11-8(7-13)6-9(10(15)14-11)12(16)17-4-2/h3,6H,1,4-5H2,2H3,(H,14,15). The van der Waals surface area contributed by atoms with Gasteiger partial charge in [0.1, 0.15) is 11.6 Å². The van der Waals surface area contributed by atoms with Crippen LogP contribution in [-0.2, 0) is 4.74 Å². The van der Waals surface area contributed by atoms with E-state index >= 15 is 0 Å². The maximum absolute atomic E-state index is 11.7. The minimum Gasteiger partial charge on any atom is -0.462 e. The zero-order valence-corrected chi connectivity index (χ0v) is 10.7. The van der Waals surface area contributed by atoms with Gasteiger partial charge in [-0.1, -0.05) is 6.08 Å². The third kappa shape index (κ3) is 3.25. The number of ether oxygens (including phenoxy) is 1. The van der Waals surface area contributed by atoms with E-state index in [1.165, 1.54) is 17.8 Å². The minimum absolute atomic E-state index is 0.156. The van der Waals surface area contributed by atoms with E-state index in [0.717, 1.165) is 0 Å². The van der Waals surface area contributed by atoms with Crippen LogP contribution in [0.3, 0.4) is 0 Å². The van der Waals surface area contributed by atoms with Crippen LogP contribution >= 0.6 is 11.8 Å². The molecular weight excluding hydrogens is 252 g/mol. The fourth-order valence-electron chi connectivity index (χ4n) is 1.21. The number of hydrogen-bond donors (Lipinski definition) is 1. The maximum atomic E-state index is 11.7. The number of aromatic amines is 1. The van der Waals surface area contributed by atoms with E-state index in [9.17, 15) is 9.59 Å². The van der Waals surface area contributed by atoms with E-state index in [0.29, 0.717) is 10.8 Å². The molecule has 1 N–H and O–H groups in total. The Balaban J connectivity index is 3.19. The van der Waals surface area contributed by atoms with Gasteiger partial charge in [-0.05, 0) is 13.0 Å². The molecule has 0 aliphatic carbocycles. The van der Waals surface area contributed by atoms with Gasteiger partial charge in [-0.3, -0.25) is 4.79 Å². The molecule has 1 heterocycles. The molecule has 0 radical (unpaired) electrons. The van der Waals surface area contributed by atoms with Gasteiger partial charge in [0.25, 0.3) is 5.56 Å². The Kier molecular flexibility index (Phi) is 5.21. The molecule has 94 valence electrons. The van der Waals surface area contributed by atoms with Crippen molar-refractivity contribution < 1.29 is 9.53 Å². The summed E-state index contributed by atoms with van der Waals surface area (Å²) >= 11 is 1.27. The van der Waals surface area contributed by atoms with Crippen molar-refractivity contribution in [1.29, 1.82) is 5.26 Å². The van der Waals surface area contributed by atoms with Crippen molar-refractivity contribution in [2.45, 2.75) is 11.9 Å². The Morgan fingerprint density at radius 1 is 1.72 bits per heavy atom. The lowest BCUT2D eigenvalue weighted by atomic mass is 10.2. The van der Waals surface area contributed by atoms with Crippen molar-refractivity contribution in [3.63, 3.8) is 0 Å². The Hall–Kier alpha value is -2.00. The normalized spacial score (nSPS) is 9.56. The Morgan fingerprint density at radius 3 is 3.00 bits per heavy atom. The summed E-state index contributed by atoms with van der Waals surface area (Å²) in [7, 11) is 0. The number of thioether (sulfide) groups is 1. The van der Waals surface area contributed by atoms with E-state index in [4.69, 9.17) is 10.00 Å². The smallest absolute Gasteiger partial charge is 0.343 e. The summed E-state index contributed by atoms with van der Waals surface area (Å²) in [6.45, 7) is 5.37. The lowest BCUT2D eigenvalue weighted by Gasteiger charge is -2.05. The number of hydrogen-bond acceptors (Lipinski definition) is 5. The molecule has 0 aromatic carbocycles. The van der Waals surface area contributed by atoms with Crippen molar-refractivity contribution in [3.05, 3.63) is 40.2 Å². The molecule has 0 atom stereocenters. The van der Waals surface area contributed by atoms with Gasteiger partial charge in [0, 0.05) is 5.75 Å². The summed E-state index contributed by atoms with van der Waals surface area (Å²) < 4.78 is 4.74. The van der Waals surface area contributed by atoms with Crippen LogP contribution in [0.5, 0.6) is 0 Å². The zero-order valence-electron chi connectivity index (χ0n) is 9.86. The Labute approximate surface area is 108 Å². The van der Waals surface area contributed by atoms with Gasteiger partial charge in [-0.2, -0.15) is 5.26 Å². The highest BCUT2D eigenvalue weighted by Gasteiger charge is 2.15. The number of nitrogens with one attached hydrogen (secondary N) is 1. The largest absolute Gasteiger partial charge is 0.462 e. The SMILES string of the molecule is C=CCSc1[nH]c(=O)c(C(=O)OCC)cc1C#N. The minimum atomic E-state index is -0.726. The second-order valence-corrected chi connectivity index (χ2v) is 4.22. The number of nitrogens with zero attached hydrogens (tertiary/aromatic N) is 1. The van der Waals surface area contributed by atoms with E-state index in [1.807, 2.05) is 6.07 Å². The molecule has 0 bridgehead atoms. The monoisotopic (exact) mass is 264 g/mol. The topological polar surface area (TPSA) is 82.9 Å². The van der Waals surface area contributed by atoms with Gasteiger partial charge in [0.15, 0.2) is 0 Å². The average molecular weight is 264 g/mol. The Bertz CT molecular complexity index is 557. The third-order valence-corrected chi connectivity index (χ3v) is 2.98. The van der Waals surface area contributed by atoms with Crippen LogP contribution in [0.2, 0.25) is 0 Å². The third-order valence-electron chi connectivity index (χ3n) is 1.97. The van der Waals surface area contributed by atoms with E-state index in [1.54, 1.807) is 13.0 Å². The average Bonchev–Trinajstić information content (AvgIpc) is 2.36. The molecule has 1 aromatic rings. The molecule has 0 saturated carbocycles. The van der Waals surface area contributed by atoms with E-state index in [2.05, 4.69) is 11.6 Å². The molecular formula is C12H12N2O3S. The van der Waals surface area contributed by atoms with Crippen LogP contribution in [0.1, 0.15) is 22.8 Å². The number of aromatic nitrogens is 1. The summed E-state index contributed by atoms with van der Waals surface area (Å²) in [6, 6.07) is 3.19. The van der Waals surface area contributed by atoms with Crippen LogP contribution in [0.25, 0.3) is 0 Å². The molecule has 0 amide bonds. The predicted octanol–water partition coefficient (Wildman–Crippen LogP) is 1.70. The van der Waals surface area contributed by atoms with Crippen molar-refractivity contribution in [3.8, 4) is 6.07 Å². The number of nitriles is 1. The summed E-state index contributed by atoms with van der Waals surface area (Å²) in [4.78, 5) is 25.7. The highest BCUT2D eigenvalue weighted by Crippen LogP contribution is 2.19. The van der Waals surface area contributed by atoms with Crippen molar-refractivity contribution in [2.75, 3.05) is 12.4 Å². The second-order valence-electron chi connectivity index (χ2n) is 3.19. The first kappa shape index (κ1) is 14.1. The molecule has 1 rings (SSSR count). The molecule has 0 aliphatic rings. The van der Waals surface area contributed by atoms with Crippen molar-refractivity contribution >= 4 is 17.7 Å². The first-order chi connectivity index (χ1) is 8.63. The van der Waals surface area contributed by atoms with Gasteiger partial charge >= 0.3 is 5.97 Å². The number of carbonyl (C=O) groups excluding carboxylic acids is 1. The lowest BCUT2D eigenvalue weighted by molar-refractivity contribution is 0.0524. The molecule has 0 fully saturated rings. The molecule has 5 nitrogen and oxygen atoms in total. The van der Waals surface area contributed by atoms with Crippen molar-refractivity contribution in [1.82, 2.24) is 4.98 Å². The van der Waals surface area contributed by atoms with Gasteiger partial charge in [0.2, 0.25) is 0 Å². The van der Waals surface area contributed by atoms with Gasteiger partial charge in [-0.15, -0.1) is 18.3 Å². The second kappa shape index (κ2) is 6.67. The lowest BCUT2D eigenvalue weighted by Crippen LogP contribution is -2.20.